The van der Waals surface area contributed by atoms with Gasteiger partial charge in [0.2, 0.25) is 0 Å². The van der Waals surface area contributed by atoms with Crippen molar-refractivity contribution >= 4 is 6.03 Å². The zero-order valence-electron chi connectivity index (χ0n) is 15.6. The van der Waals surface area contributed by atoms with E-state index in [9.17, 15) is 9.90 Å². The molecule has 2 aliphatic rings. The minimum absolute atomic E-state index is 0.0572. The quantitative estimate of drug-likeness (QED) is 0.749. The summed E-state index contributed by atoms with van der Waals surface area (Å²) in [5, 5.41) is 13.9. The molecule has 0 aromatic heterocycles. The molecule has 2 amide bonds. The molecule has 24 heavy (non-hydrogen) atoms. The topological polar surface area (TPSA) is 65.0 Å². The molecule has 0 aromatic rings. The van der Waals surface area contributed by atoms with E-state index in [0.717, 1.165) is 52.0 Å². The van der Waals surface area contributed by atoms with Crippen LogP contribution in [-0.2, 0) is 4.74 Å². The van der Waals surface area contributed by atoms with Crippen molar-refractivity contribution in [3.05, 3.63) is 0 Å². The maximum absolute atomic E-state index is 12.5. The summed E-state index contributed by atoms with van der Waals surface area (Å²) in [7, 11) is 1.78. The van der Waals surface area contributed by atoms with Crippen LogP contribution in [0.15, 0.2) is 0 Å². The van der Waals surface area contributed by atoms with Crippen molar-refractivity contribution in [3.63, 3.8) is 0 Å². The average Bonchev–Trinajstić information content (AvgIpc) is 2.79. The number of nitrogens with zero attached hydrogens (tertiary/aromatic N) is 2. The largest absolute Gasteiger partial charge is 0.388 e. The maximum atomic E-state index is 12.5. The lowest BCUT2D eigenvalue weighted by atomic mass is 9.94. The molecular weight excluding hydrogens is 306 g/mol. The second-order valence-electron chi connectivity index (χ2n) is 7.62. The number of likely N-dealkylation sites (N-methyl/N-ethyl adjacent to an activating group) is 1. The van der Waals surface area contributed by atoms with E-state index >= 15 is 0 Å². The van der Waals surface area contributed by atoms with Crippen molar-refractivity contribution in [1.82, 2.24) is 15.1 Å². The first-order valence-electron chi connectivity index (χ1n) is 9.47. The minimum atomic E-state index is -0.721. The lowest BCUT2D eigenvalue weighted by Crippen LogP contribution is -2.55. The Hall–Kier alpha value is -0.850. The molecular formula is C18H35N3O3. The Kier molecular flexibility index (Phi) is 7.32. The molecule has 0 aromatic carbocycles. The number of hydrogen-bond acceptors (Lipinski definition) is 4. The summed E-state index contributed by atoms with van der Waals surface area (Å²) in [6, 6.07) is 0.231. The molecule has 1 aliphatic carbocycles. The Balaban J connectivity index is 1.81. The molecule has 1 saturated heterocycles. The van der Waals surface area contributed by atoms with Crippen LogP contribution in [0.3, 0.4) is 0 Å². The van der Waals surface area contributed by atoms with E-state index in [1.807, 2.05) is 6.92 Å². The number of hydrogen-bond donors (Lipinski definition) is 2. The highest BCUT2D eigenvalue weighted by molar-refractivity contribution is 5.74. The molecule has 0 unspecified atom stereocenters. The van der Waals surface area contributed by atoms with Crippen LogP contribution in [0.4, 0.5) is 4.79 Å². The highest BCUT2D eigenvalue weighted by atomic mass is 16.5. The summed E-state index contributed by atoms with van der Waals surface area (Å²) in [5.74, 6) is 0. The van der Waals surface area contributed by atoms with Crippen molar-refractivity contribution in [2.75, 3.05) is 39.9 Å². The fourth-order valence-corrected chi connectivity index (χ4v) is 3.78. The van der Waals surface area contributed by atoms with E-state index in [2.05, 4.69) is 17.1 Å². The molecule has 1 aliphatic heterocycles. The molecule has 140 valence electrons. The Bertz CT molecular complexity index is 391. The van der Waals surface area contributed by atoms with Crippen molar-refractivity contribution in [1.29, 1.82) is 0 Å². The number of carbonyl (C=O) groups is 1. The van der Waals surface area contributed by atoms with E-state index in [4.69, 9.17) is 4.74 Å². The van der Waals surface area contributed by atoms with Gasteiger partial charge >= 0.3 is 6.03 Å². The highest BCUT2D eigenvalue weighted by Crippen LogP contribution is 2.27. The summed E-state index contributed by atoms with van der Waals surface area (Å²) < 4.78 is 5.39. The average molecular weight is 341 g/mol. The lowest BCUT2D eigenvalue weighted by molar-refractivity contribution is 0.00246. The zero-order chi connectivity index (χ0) is 17.6. The van der Waals surface area contributed by atoms with Gasteiger partial charge in [0.05, 0.1) is 25.4 Å². The number of morpholine rings is 1. The fraction of sp³-hybridized carbons (Fsp3) is 0.944. The van der Waals surface area contributed by atoms with Crippen molar-refractivity contribution in [2.24, 2.45) is 0 Å². The third-order valence-corrected chi connectivity index (χ3v) is 5.61. The summed E-state index contributed by atoms with van der Waals surface area (Å²) in [4.78, 5) is 16.5. The Labute approximate surface area is 146 Å². The molecule has 2 rings (SSSR count). The molecule has 0 spiro atoms. The number of aliphatic hydroxyl groups is 1. The third-order valence-electron chi connectivity index (χ3n) is 5.61. The number of rotatable bonds is 5. The van der Waals surface area contributed by atoms with Gasteiger partial charge in [-0.05, 0) is 26.7 Å². The number of nitrogens with one attached hydrogen (secondary N) is 1. The Morgan fingerprint density at radius 3 is 2.38 bits per heavy atom. The van der Waals surface area contributed by atoms with Gasteiger partial charge in [-0.1, -0.05) is 25.7 Å². The Morgan fingerprint density at radius 1 is 1.21 bits per heavy atom. The number of urea groups is 1. The SMILES string of the molecule is C[C@H](NC(=O)N(C)CC1(O)CCCCCC1)[C@H](C)N1CCOCC1. The number of carbonyl (C=O) groups excluding carboxylic acids is 1. The molecule has 6 nitrogen and oxygen atoms in total. The molecule has 6 heteroatoms. The van der Waals surface area contributed by atoms with Gasteiger partial charge in [-0.25, -0.2) is 4.79 Å². The van der Waals surface area contributed by atoms with Gasteiger partial charge in [0, 0.05) is 32.2 Å². The summed E-state index contributed by atoms with van der Waals surface area (Å²) in [6.07, 6.45) is 6.07. The van der Waals surface area contributed by atoms with Crippen molar-refractivity contribution in [2.45, 2.75) is 70.1 Å². The van der Waals surface area contributed by atoms with Crippen LogP contribution in [0.1, 0.15) is 52.4 Å². The molecule has 0 radical (unpaired) electrons. The minimum Gasteiger partial charge on any atom is -0.388 e. The first-order chi connectivity index (χ1) is 11.4. The van der Waals surface area contributed by atoms with Gasteiger partial charge < -0.3 is 20.1 Å². The predicted octanol–water partition coefficient (Wildman–Crippen LogP) is 1.82. The molecule has 2 fully saturated rings. The van der Waals surface area contributed by atoms with Gasteiger partial charge in [-0.2, -0.15) is 0 Å². The maximum Gasteiger partial charge on any atom is 0.317 e. The van der Waals surface area contributed by atoms with Gasteiger partial charge in [-0.3, -0.25) is 4.90 Å². The van der Waals surface area contributed by atoms with Gasteiger partial charge in [-0.15, -0.1) is 0 Å². The lowest BCUT2D eigenvalue weighted by Gasteiger charge is -2.37. The summed E-state index contributed by atoms with van der Waals surface area (Å²) in [6.45, 7) is 7.96. The molecule has 2 N–H and O–H groups in total. The van der Waals surface area contributed by atoms with Crippen LogP contribution in [0.25, 0.3) is 0 Å². The normalized spacial score (nSPS) is 24.7. The highest BCUT2D eigenvalue weighted by Gasteiger charge is 2.31. The van der Waals surface area contributed by atoms with Crippen LogP contribution < -0.4 is 5.32 Å². The van der Waals surface area contributed by atoms with Gasteiger partial charge in [0.15, 0.2) is 0 Å². The van der Waals surface area contributed by atoms with Gasteiger partial charge in [0.25, 0.3) is 0 Å². The second-order valence-corrected chi connectivity index (χ2v) is 7.62. The molecule has 1 heterocycles. The van der Waals surface area contributed by atoms with E-state index in [1.54, 1.807) is 11.9 Å². The van der Waals surface area contributed by atoms with E-state index in [0.29, 0.717) is 6.54 Å². The van der Waals surface area contributed by atoms with Gasteiger partial charge in [0.1, 0.15) is 0 Å². The zero-order valence-corrected chi connectivity index (χ0v) is 15.6. The van der Waals surface area contributed by atoms with Crippen LogP contribution >= 0.6 is 0 Å². The molecule has 2 atom stereocenters. The van der Waals surface area contributed by atoms with Crippen LogP contribution in [0, 0.1) is 0 Å². The van der Waals surface area contributed by atoms with E-state index in [-0.39, 0.29) is 18.1 Å². The third kappa shape index (κ3) is 5.60. The second kappa shape index (κ2) is 9.02. The predicted molar refractivity (Wildman–Crippen MR) is 95.1 cm³/mol. The number of ether oxygens (including phenoxy) is 1. The fourth-order valence-electron chi connectivity index (χ4n) is 3.78. The van der Waals surface area contributed by atoms with Crippen LogP contribution in [0.2, 0.25) is 0 Å². The number of amides is 2. The smallest absolute Gasteiger partial charge is 0.317 e. The van der Waals surface area contributed by atoms with E-state index < -0.39 is 5.60 Å². The van der Waals surface area contributed by atoms with Crippen molar-refractivity contribution < 1.29 is 14.6 Å². The first kappa shape index (κ1) is 19.5. The molecule has 0 bridgehead atoms. The van der Waals surface area contributed by atoms with Crippen molar-refractivity contribution in [3.8, 4) is 0 Å². The standard InChI is InChI=1S/C18H35N3O3/c1-15(16(2)21-10-12-24-13-11-21)19-17(22)20(3)14-18(23)8-6-4-5-7-9-18/h15-16,23H,4-14H2,1-3H3,(H,19,22)/t15-,16-/m0/s1. The monoisotopic (exact) mass is 341 g/mol. The summed E-state index contributed by atoms with van der Waals surface area (Å²) in [5.41, 5.74) is -0.721. The van der Waals surface area contributed by atoms with Crippen LogP contribution in [0.5, 0.6) is 0 Å². The summed E-state index contributed by atoms with van der Waals surface area (Å²) >= 11 is 0. The van der Waals surface area contributed by atoms with Crippen LogP contribution in [-0.4, -0.2) is 78.5 Å². The Morgan fingerprint density at radius 2 is 1.79 bits per heavy atom. The van der Waals surface area contributed by atoms with E-state index in [1.165, 1.54) is 12.8 Å². The first-order valence-corrected chi connectivity index (χ1v) is 9.47. The molecule has 1 saturated carbocycles.